The van der Waals surface area contributed by atoms with E-state index in [2.05, 4.69) is 14.7 Å². The van der Waals surface area contributed by atoms with Crippen LogP contribution in [0.5, 0.6) is 5.75 Å². The van der Waals surface area contributed by atoms with E-state index in [9.17, 15) is 22.4 Å². The van der Waals surface area contributed by atoms with Crippen LogP contribution in [0, 0.1) is 5.82 Å². The molecule has 1 aliphatic heterocycles. The summed E-state index contributed by atoms with van der Waals surface area (Å²) in [6.07, 6.45) is -4.81. The van der Waals surface area contributed by atoms with Crippen molar-refractivity contribution in [1.82, 2.24) is 15.0 Å². The smallest absolute Gasteiger partial charge is 0.471 e. The number of halogens is 4. The third-order valence-electron chi connectivity index (χ3n) is 4.70. The van der Waals surface area contributed by atoms with Crippen molar-refractivity contribution in [3.63, 3.8) is 0 Å². The van der Waals surface area contributed by atoms with E-state index in [0.717, 1.165) is 6.07 Å². The number of hydrogen-bond acceptors (Lipinski definition) is 5. The number of carbonyl (C=O) groups is 1. The summed E-state index contributed by atoms with van der Waals surface area (Å²) in [7, 11) is 0. The second-order valence-corrected chi connectivity index (χ2v) is 6.81. The molecule has 0 fully saturated rings. The predicted molar refractivity (Wildman–Crippen MR) is 96.0 cm³/mol. The van der Waals surface area contributed by atoms with E-state index < -0.39 is 23.7 Å². The Hall–Kier alpha value is -3.43. The number of carbonyl (C=O) groups excluding carboxylic acids is 1. The molecule has 10 heteroatoms. The van der Waals surface area contributed by atoms with Gasteiger partial charge in [0.15, 0.2) is 0 Å². The first-order valence-electron chi connectivity index (χ1n) is 8.96. The zero-order chi connectivity index (χ0) is 21.5. The van der Waals surface area contributed by atoms with E-state index in [1.54, 1.807) is 37.3 Å². The molecular weight excluding hydrogens is 406 g/mol. The van der Waals surface area contributed by atoms with Crippen LogP contribution in [0.1, 0.15) is 28.7 Å². The fourth-order valence-corrected chi connectivity index (χ4v) is 3.12. The number of amides is 1. The average Bonchev–Trinajstić information content (AvgIpc) is 3.16. The summed E-state index contributed by atoms with van der Waals surface area (Å²) < 4.78 is 62.8. The highest BCUT2D eigenvalue weighted by Crippen LogP contribution is 2.34. The summed E-state index contributed by atoms with van der Waals surface area (Å²) >= 11 is 0. The maximum Gasteiger partial charge on any atom is 0.471 e. The Balaban J connectivity index is 1.67. The van der Waals surface area contributed by atoms with Gasteiger partial charge in [0.05, 0.1) is 12.6 Å². The first-order valence-corrected chi connectivity index (χ1v) is 8.96. The Bertz CT molecular complexity index is 1080. The van der Waals surface area contributed by atoms with Crippen molar-refractivity contribution in [3.05, 3.63) is 65.3 Å². The van der Waals surface area contributed by atoms with E-state index in [1.165, 1.54) is 11.0 Å². The van der Waals surface area contributed by atoms with Crippen LogP contribution in [0.2, 0.25) is 0 Å². The minimum Gasteiger partial charge on any atom is -0.491 e. The molecule has 3 aromatic rings. The highest BCUT2D eigenvalue weighted by Gasteiger charge is 2.38. The Kier molecular flexibility index (Phi) is 4.92. The number of rotatable bonds is 2. The van der Waals surface area contributed by atoms with Crippen molar-refractivity contribution < 1.29 is 31.6 Å². The molecule has 0 saturated heterocycles. The average molecular weight is 421 g/mol. The Morgan fingerprint density at radius 1 is 1.20 bits per heavy atom. The molecule has 0 N–H and O–H groups in total. The molecule has 1 amide bonds. The molecule has 2 aromatic carbocycles. The van der Waals surface area contributed by atoms with E-state index in [1.807, 2.05) is 0 Å². The maximum absolute atomic E-state index is 14.9. The highest BCUT2D eigenvalue weighted by atomic mass is 19.4. The van der Waals surface area contributed by atoms with E-state index in [-0.39, 0.29) is 42.0 Å². The molecular formula is C20H15F4N3O3. The topological polar surface area (TPSA) is 68.5 Å². The fraction of sp³-hybridized carbons (Fsp3) is 0.250. The molecule has 30 heavy (non-hydrogen) atoms. The molecule has 156 valence electrons. The molecule has 2 heterocycles. The van der Waals surface area contributed by atoms with Gasteiger partial charge in [-0.05, 0) is 31.2 Å². The molecule has 1 atom stereocenters. The second kappa shape index (κ2) is 7.43. The normalized spacial score (nSPS) is 16.6. The number of nitrogens with zero attached hydrogens (tertiary/aromatic N) is 3. The molecule has 1 unspecified atom stereocenters. The minimum atomic E-state index is -4.81. The maximum atomic E-state index is 14.9. The third kappa shape index (κ3) is 3.72. The van der Waals surface area contributed by atoms with Gasteiger partial charge in [0.1, 0.15) is 18.2 Å². The van der Waals surface area contributed by atoms with Crippen LogP contribution in [-0.4, -0.2) is 33.6 Å². The van der Waals surface area contributed by atoms with Crippen LogP contribution < -0.4 is 4.74 Å². The Morgan fingerprint density at radius 3 is 2.60 bits per heavy atom. The summed E-state index contributed by atoms with van der Waals surface area (Å²) in [5, 5.41) is 3.27. The van der Waals surface area contributed by atoms with Crippen molar-refractivity contribution in [1.29, 1.82) is 0 Å². The monoisotopic (exact) mass is 421 g/mol. The number of hydrogen-bond donors (Lipinski definition) is 0. The molecule has 0 radical (unpaired) electrons. The van der Waals surface area contributed by atoms with Crippen LogP contribution in [0.15, 0.2) is 47.0 Å². The van der Waals surface area contributed by atoms with Gasteiger partial charge in [0.25, 0.3) is 5.91 Å². The number of fused-ring (bicyclic) bond motifs is 1. The summed E-state index contributed by atoms with van der Waals surface area (Å²) in [6.45, 7) is 1.78. The molecule has 4 rings (SSSR count). The molecule has 0 aliphatic carbocycles. The second-order valence-electron chi connectivity index (χ2n) is 6.81. The fourth-order valence-electron chi connectivity index (χ4n) is 3.12. The third-order valence-corrected chi connectivity index (χ3v) is 4.70. The number of ether oxygens (including phenoxy) is 1. The number of benzene rings is 2. The van der Waals surface area contributed by atoms with Crippen molar-refractivity contribution >= 4 is 5.91 Å². The quantitative estimate of drug-likeness (QED) is 0.577. The molecule has 6 nitrogen and oxygen atoms in total. The first kappa shape index (κ1) is 19.9. The molecule has 0 bridgehead atoms. The van der Waals surface area contributed by atoms with Gasteiger partial charge < -0.3 is 14.2 Å². The van der Waals surface area contributed by atoms with Crippen molar-refractivity contribution in [2.45, 2.75) is 25.7 Å². The summed E-state index contributed by atoms with van der Waals surface area (Å²) in [5.74, 6) is -2.86. The first-order chi connectivity index (χ1) is 14.2. The van der Waals surface area contributed by atoms with Crippen molar-refractivity contribution in [3.8, 4) is 17.1 Å². The van der Waals surface area contributed by atoms with Gasteiger partial charge in [-0.2, -0.15) is 18.2 Å². The predicted octanol–water partition coefficient (Wildman–Crippen LogP) is 4.32. The molecule has 1 aliphatic rings. The van der Waals surface area contributed by atoms with Gasteiger partial charge in [0, 0.05) is 16.7 Å². The molecule has 0 saturated carbocycles. The van der Waals surface area contributed by atoms with E-state index in [0.29, 0.717) is 5.56 Å². The van der Waals surface area contributed by atoms with Crippen LogP contribution in [0.3, 0.4) is 0 Å². The number of aromatic nitrogens is 2. The van der Waals surface area contributed by atoms with E-state index >= 15 is 0 Å². The Labute approximate surface area is 168 Å². The summed E-state index contributed by atoms with van der Waals surface area (Å²) in [6, 6.07) is 10.5. The SMILES string of the molecule is CC1COc2cc(-c3noc(C(F)(F)F)n3)cc(F)c2CN1C(=O)c1ccccc1. The van der Waals surface area contributed by atoms with Gasteiger partial charge in [-0.25, -0.2) is 4.39 Å². The van der Waals surface area contributed by atoms with Crippen LogP contribution >= 0.6 is 0 Å². The zero-order valence-electron chi connectivity index (χ0n) is 15.6. The van der Waals surface area contributed by atoms with Gasteiger partial charge in [-0.3, -0.25) is 4.79 Å². The van der Waals surface area contributed by atoms with Crippen LogP contribution in [-0.2, 0) is 12.7 Å². The van der Waals surface area contributed by atoms with Gasteiger partial charge in [-0.1, -0.05) is 23.4 Å². The standard InChI is InChI=1S/C20H15F4N3O3/c1-11-10-29-16-8-13(17-25-19(30-26-17)20(22,23)24)7-15(21)14(16)9-27(11)18(28)12-5-3-2-4-6-12/h2-8,11H,9-10H2,1H3. The Morgan fingerprint density at radius 2 is 1.93 bits per heavy atom. The minimum absolute atomic E-state index is 0.0269. The van der Waals surface area contributed by atoms with Gasteiger partial charge in [-0.15, -0.1) is 0 Å². The zero-order valence-corrected chi connectivity index (χ0v) is 15.6. The lowest BCUT2D eigenvalue weighted by atomic mass is 10.1. The van der Waals surface area contributed by atoms with E-state index in [4.69, 9.17) is 4.74 Å². The van der Waals surface area contributed by atoms with Gasteiger partial charge in [0.2, 0.25) is 5.82 Å². The lowest BCUT2D eigenvalue weighted by Crippen LogP contribution is -2.39. The lowest BCUT2D eigenvalue weighted by molar-refractivity contribution is -0.159. The largest absolute Gasteiger partial charge is 0.491 e. The van der Waals surface area contributed by atoms with Crippen molar-refractivity contribution in [2.75, 3.05) is 6.61 Å². The van der Waals surface area contributed by atoms with Crippen LogP contribution in [0.25, 0.3) is 11.4 Å². The van der Waals surface area contributed by atoms with Gasteiger partial charge >= 0.3 is 12.1 Å². The number of alkyl halides is 3. The molecule has 0 spiro atoms. The summed E-state index contributed by atoms with van der Waals surface area (Å²) in [4.78, 5) is 17.6. The molecule has 1 aromatic heterocycles. The summed E-state index contributed by atoms with van der Waals surface area (Å²) in [5.41, 5.74) is 0.546. The lowest BCUT2D eigenvalue weighted by Gasteiger charge is -2.26. The van der Waals surface area contributed by atoms with Crippen molar-refractivity contribution in [2.24, 2.45) is 0 Å². The van der Waals surface area contributed by atoms with Crippen LogP contribution in [0.4, 0.5) is 17.6 Å². The highest BCUT2D eigenvalue weighted by molar-refractivity contribution is 5.94.